The fourth-order valence-corrected chi connectivity index (χ4v) is 6.20. The molecule has 2 fully saturated rings. The molecule has 6 heteroatoms. The molecule has 4 nitrogen and oxygen atoms in total. The molecule has 3 aromatic rings. The Hall–Kier alpha value is -2.89. The minimum Gasteiger partial charge on any atom is -0.400 e. The van der Waals surface area contributed by atoms with Gasteiger partial charge in [0, 0.05) is 5.92 Å². The van der Waals surface area contributed by atoms with Gasteiger partial charge in [0.1, 0.15) is 0 Å². The summed E-state index contributed by atoms with van der Waals surface area (Å²) in [6, 6.07) is 32.0. The Balaban J connectivity index is 1.68. The van der Waals surface area contributed by atoms with Gasteiger partial charge in [-0.25, -0.2) is 0 Å². The molecule has 6 rings (SSSR count). The van der Waals surface area contributed by atoms with Crippen LogP contribution in [0.2, 0.25) is 0 Å². The lowest BCUT2D eigenvalue weighted by molar-refractivity contribution is 0.00578. The van der Waals surface area contributed by atoms with Gasteiger partial charge >= 0.3 is 14.2 Å². The van der Waals surface area contributed by atoms with E-state index in [-0.39, 0.29) is 5.92 Å². The summed E-state index contributed by atoms with van der Waals surface area (Å²) >= 11 is 0. The monoisotopic (exact) mass is 560 g/mol. The average Bonchev–Trinajstić information content (AvgIpc) is 3.32. The van der Waals surface area contributed by atoms with Crippen LogP contribution >= 0.6 is 0 Å². The predicted octanol–water partition coefficient (Wildman–Crippen LogP) is 8.34. The number of rotatable bonds is 5. The molecular weight excluding hydrogens is 518 g/mol. The van der Waals surface area contributed by atoms with Crippen molar-refractivity contribution in [3.63, 3.8) is 0 Å². The maximum absolute atomic E-state index is 6.85. The molecule has 2 aliphatic heterocycles. The Morgan fingerprint density at radius 2 is 0.881 bits per heavy atom. The number of allylic oxidation sites excluding steroid dienone is 4. The highest BCUT2D eigenvalue weighted by molar-refractivity contribution is 6.61. The van der Waals surface area contributed by atoms with Crippen molar-refractivity contribution in [1.82, 2.24) is 0 Å². The molecule has 0 amide bonds. The van der Waals surface area contributed by atoms with E-state index in [9.17, 15) is 0 Å². The Kier molecular flexibility index (Phi) is 7.21. The van der Waals surface area contributed by atoms with Crippen LogP contribution in [0.15, 0.2) is 102 Å². The highest BCUT2D eigenvalue weighted by Gasteiger charge is 2.57. The van der Waals surface area contributed by atoms with Crippen LogP contribution in [0.25, 0.3) is 11.1 Å². The summed E-state index contributed by atoms with van der Waals surface area (Å²) in [6.07, 6.45) is 0.723. The van der Waals surface area contributed by atoms with Gasteiger partial charge < -0.3 is 18.6 Å². The third-order valence-electron chi connectivity index (χ3n) is 10.0. The number of benzene rings is 3. The van der Waals surface area contributed by atoms with E-state index < -0.39 is 36.6 Å². The van der Waals surface area contributed by atoms with Crippen LogP contribution in [-0.2, 0) is 18.6 Å². The number of hydrogen-bond acceptors (Lipinski definition) is 4. The molecule has 0 radical (unpaired) electrons. The zero-order valence-electron chi connectivity index (χ0n) is 26.2. The van der Waals surface area contributed by atoms with Gasteiger partial charge in [-0.15, -0.1) is 0 Å². The molecule has 0 spiro atoms. The van der Waals surface area contributed by atoms with Crippen molar-refractivity contribution < 1.29 is 18.6 Å². The van der Waals surface area contributed by atoms with Crippen molar-refractivity contribution in [3.05, 3.63) is 119 Å². The SMILES string of the molecule is CC1(C)OB(C2=C(c3ccccc3)C(c3ccccc3)=C(B3OC(C)(C)C(C)(C)O3)[C@@H](c3ccccc3)C2)OC1(C)C. The maximum atomic E-state index is 6.85. The fraction of sp³-hybridized carbons (Fsp3) is 0.389. The Bertz CT molecular complexity index is 1480. The second-order valence-electron chi connectivity index (χ2n) is 13.8. The second-order valence-corrected chi connectivity index (χ2v) is 13.8. The smallest absolute Gasteiger partial charge is 0.400 e. The molecule has 0 saturated carbocycles. The normalized spacial score (nSPS) is 24.4. The van der Waals surface area contributed by atoms with Gasteiger partial charge in [-0.2, -0.15) is 0 Å². The quantitative estimate of drug-likeness (QED) is 0.294. The van der Waals surface area contributed by atoms with E-state index in [1.54, 1.807) is 0 Å². The van der Waals surface area contributed by atoms with Gasteiger partial charge in [0.15, 0.2) is 0 Å². The molecule has 216 valence electrons. The van der Waals surface area contributed by atoms with E-state index in [1.165, 1.54) is 5.56 Å². The van der Waals surface area contributed by atoms with Crippen LogP contribution in [0.3, 0.4) is 0 Å². The Morgan fingerprint density at radius 1 is 0.500 bits per heavy atom. The average molecular weight is 560 g/mol. The van der Waals surface area contributed by atoms with E-state index in [1.807, 2.05) is 0 Å². The molecule has 0 N–H and O–H groups in total. The van der Waals surface area contributed by atoms with Gasteiger partial charge in [0.25, 0.3) is 0 Å². The zero-order valence-corrected chi connectivity index (χ0v) is 26.2. The van der Waals surface area contributed by atoms with Crippen LogP contribution in [0.4, 0.5) is 0 Å². The Labute approximate surface area is 252 Å². The molecule has 1 aliphatic carbocycles. The molecular formula is C36H42B2O4. The zero-order chi connectivity index (χ0) is 29.9. The largest absolute Gasteiger partial charge is 0.491 e. The summed E-state index contributed by atoms with van der Waals surface area (Å²) in [5.74, 6) is -0.00223. The van der Waals surface area contributed by atoms with Crippen molar-refractivity contribution in [3.8, 4) is 0 Å². The van der Waals surface area contributed by atoms with Crippen molar-refractivity contribution in [2.75, 3.05) is 0 Å². The van der Waals surface area contributed by atoms with E-state index in [2.05, 4.69) is 146 Å². The Morgan fingerprint density at radius 3 is 1.33 bits per heavy atom. The van der Waals surface area contributed by atoms with Crippen molar-refractivity contribution in [1.29, 1.82) is 0 Å². The number of hydrogen-bond donors (Lipinski definition) is 0. The summed E-state index contributed by atoms with van der Waals surface area (Å²) in [5, 5.41) is 0. The topological polar surface area (TPSA) is 36.9 Å². The van der Waals surface area contributed by atoms with Gasteiger partial charge in [-0.3, -0.25) is 0 Å². The van der Waals surface area contributed by atoms with Crippen LogP contribution in [-0.4, -0.2) is 36.6 Å². The van der Waals surface area contributed by atoms with Crippen molar-refractivity contribution >= 4 is 25.4 Å². The molecule has 0 bridgehead atoms. The molecule has 1 atom stereocenters. The summed E-state index contributed by atoms with van der Waals surface area (Å²) in [5.41, 5.74) is 6.15. The third kappa shape index (κ3) is 4.93. The highest BCUT2D eigenvalue weighted by atomic mass is 16.7. The molecule has 2 saturated heterocycles. The van der Waals surface area contributed by atoms with Crippen LogP contribution < -0.4 is 0 Å². The molecule has 42 heavy (non-hydrogen) atoms. The lowest BCUT2D eigenvalue weighted by Gasteiger charge is -2.35. The first kappa shape index (κ1) is 29.2. The maximum Gasteiger partial charge on any atom is 0.491 e. The first-order valence-corrected chi connectivity index (χ1v) is 15.2. The van der Waals surface area contributed by atoms with E-state index in [0.29, 0.717) is 0 Å². The van der Waals surface area contributed by atoms with Crippen LogP contribution in [0, 0.1) is 0 Å². The summed E-state index contributed by atoms with van der Waals surface area (Å²) in [6.45, 7) is 17.0. The minimum absolute atomic E-state index is 0.00223. The van der Waals surface area contributed by atoms with E-state index in [4.69, 9.17) is 18.6 Å². The molecule has 0 aromatic heterocycles. The first-order chi connectivity index (χ1) is 19.8. The van der Waals surface area contributed by atoms with E-state index in [0.717, 1.165) is 39.6 Å². The summed E-state index contributed by atoms with van der Waals surface area (Å²) < 4.78 is 27.3. The summed E-state index contributed by atoms with van der Waals surface area (Å²) in [7, 11) is -1.01. The predicted molar refractivity (Wildman–Crippen MR) is 173 cm³/mol. The van der Waals surface area contributed by atoms with Crippen LogP contribution in [0.1, 0.15) is 84.4 Å². The van der Waals surface area contributed by atoms with Gasteiger partial charge in [-0.1, -0.05) is 91.0 Å². The lowest BCUT2D eigenvalue weighted by Crippen LogP contribution is -2.41. The molecule has 2 heterocycles. The second kappa shape index (κ2) is 10.4. The standard InChI is InChI=1S/C36H42B2O4/c1-33(2)34(3,4)40-37(39-33)29-24-28(25-18-12-9-13-19-25)32(38-41-35(5,6)36(7,8)42-38)31(27-22-16-11-17-23-27)30(29)26-20-14-10-15-21-26/h9-23,28H,24H2,1-8H3/t28-/m1/s1. The lowest BCUT2D eigenvalue weighted by atomic mass is 9.55. The van der Waals surface area contributed by atoms with Gasteiger partial charge in [0.05, 0.1) is 22.4 Å². The van der Waals surface area contributed by atoms with Crippen LogP contribution in [0.5, 0.6) is 0 Å². The van der Waals surface area contributed by atoms with E-state index >= 15 is 0 Å². The fourth-order valence-electron chi connectivity index (χ4n) is 6.20. The molecule has 3 aromatic carbocycles. The van der Waals surface area contributed by atoms with Crippen molar-refractivity contribution in [2.24, 2.45) is 0 Å². The minimum atomic E-state index is -0.519. The van der Waals surface area contributed by atoms with Gasteiger partial charge in [0.2, 0.25) is 0 Å². The van der Waals surface area contributed by atoms with Gasteiger partial charge in [-0.05, 0) is 101 Å². The molecule has 0 unspecified atom stereocenters. The third-order valence-corrected chi connectivity index (χ3v) is 10.0. The first-order valence-electron chi connectivity index (χ1n) is 15.2. The highest BCUT2D eigenvalue weighted by Crippen LogP contribution is 2.54. The molecule has 3 aliphatic rings. The van der Waals surface area contributed by atoms with Crippen molar-refractivity contribution in [2.45, 2.75) is 90.1 Å². The summed E-state index contributed by atoms with van der Waals surface area (Å²) in [4.78, 5) is 0.